The van der Waals surface area contributed by atoms with Crippen molar-refractivity contribution in [3.8, 4) is 5.75 Å². The Kier molecular flexibility index (Phi) is 5.34. The van der Waals surface area contributed by atoms with Crippen LogP contribution in [0.3, 0.4) is 0 Å². The van der Waals surface area contributed by atoms with Gasteiger partial charge in [0.1, 0.15) is 23.2 Å². The molecular formula is C21H25F2N3O. The van der Waals surface area contributed by atoms with Crippen molar-refractivity contribution < 1.29 is 13.5 Å². The Bertz CT molecular complexity index is 798. The van der Waals surface area contributed by atoms with Crippen LogP contribution in [0.5, 0.6) is 5.75 Å². The first-order valence-corrected chi connectivity index (χ1v) is 9.73. The van der Waals surface area contributed by atoms with Crippen molar-refractivity contribution in [1.82, 2.24) is 14.9 Å². The minimum Gasteiger partial charge on any atom is -0.497 e. The predicted octanol–water partition coefficient (Wildman–Crippen LogP) is 4.37. The molecule has 1 aromatic carbocycles. The van der Waals surface area contributed by atoms with Crippen molar-refractivity contribution in [3.05, 3.63) is 52.6 Å². The van der Waals surface area contributed by atoms with Crippen LogP contribution >= 0.6 is 0 Å². The Labute approximate surface area is 158 Å². The fourth-order valence-electron chi connectivity index (χ4n) is 4.15. The first-order chi connectivity index (χ1) is 13.1. The number of hydrogen-bond donors (Lipinski definition) is 0. The number of benzene rings is 1. The van der Waals surface area contributed by atoms with E-state index in [0.717, 1.165) is 30.0 Å². The quantitative estimate of drug-likeness (QED) is 0.798. The molecule has 1 aliphatic carbocycles. The van der Waals surface area contributed by atoms with Crippen molar-refractivity contribution in [1.29, 1.82) is 0 Å². The van der Waals surface area contributed by atoms with Crippen molar-refractivity contribution in [2.24, 2.45) is 0 Å². The van der Waals surface area contributed by atoms with E-state index >= 15 is 0 Å². The molecule has 2 aliphatic rings. The number of aromatic nitrogens is 2. The summed E-state index contributed by atoms with van der Waals surface area (Å²) in [6, 6.07) is 2.46. The standard InChI is InChI=1S/C21H25F2N3O/c1-27-16-9-18(22)17(19(23)10-16)13-26-8-7-20-15(12-26)11-24-21(25-20)14-5-3-2-4-6-14/h9-11,14H,2-8,12-13H2,1H3. The Hall–Kier alpha value is -2.08. The summed E-state index contributed by atoms with van der Waals surface area (Å²) >= 11 is 0. The second-order valence-electron chi connectivity index (χ2n) is 7.57. The minimum atomic E-state index is -0.568. The van der Waals surface area contributed by atoms with E-state index in [1.807, 2.05) is 11.1 Å². The molecule has 0 spiro atoms. The molecule has 0 atom stereocenters. The average molecular weight is 373 g/mol. The van der Waals surface area contributed by atoms with Gasteiger partial charge in [0.2, 0.25) is 0 Å². The second kappa shape index (κ2) is 7.89. The molecule has 0 amide bonds. The van der Waals surface area contributed by atoms with Crippen molar-refractivity contribution in [2.45, 2.75) is 57.5 Å². The third kappa shape index (κ3) is 3.95. The molecule has 0 bridgehead atoms. The van der Waals surface area contributed by atoms with Gasteiger partial charge in [-0.05, 0) is 12.8 Å². The van der Waals surface area contributed by atoms with Crippen molar-refractivity contribution in [2.75, 3.05) is 13.7 Å². The molecule has 6 heteroatoms. The summed E-state index contributed by atoms with van der Waals surface area (Å²) in [4.78, 5) is 11.5. The average Bonchev–Trinajstić information content (AvgIpc) is 2.70. The highest BCUT2D eigenvalue weighted by Crippen LogP contribution is 2.31. The van der Waals surface area contributed by atoms with E-state index < -0.39 is 11.6 Å². The number of fused-ring (bicyclic) bond motifs is 1. The van der Waals surface area contributed by atoms with Gasteiger partial charge in [-0.3, -0.25) is 4.90 Å². The lowest BCUT2D eigenvalue weighted by Gasteiger charge is -2.29. The molecule has 2 heterocycles. The van der Waals surface area contributed by atoms with Crippen molar-refractivity contribution >= 4 is 0 Å². The fraction of sp³-hybridized carbons (Fsp3) is 0.524. The maximum atomic E-state index is 14.2. The fourth-order valence-corrected chi connectivity index (χ4v) is 4.15. The zero-order valence-electron chi connectivity index (χ0n) is 15.7. The molecule has 4 nitrogen and oxygen atoms in total. The number of rotatable bonds is 4. The van der Waals surface area contributed by atoms with Gasteiger partial charge in [0.25, 0.3) is 0 Å². The molecule has 0 N–H and O–H groups in total. The molecular weight excluding hydrogens is 348 g/mol. The van der Waals surface area contributed by atoms with Crippen LogP contribution in [-0.2, 0) is 19.5 Å². The van der Waals surface area contributed by atoms with E-state index in [0.29, 0.717) is 12.5 Å². The highest BCUT2D eigenvalue weighted by Gasteiger charge is 2.24. The SMILES string of the molecule is COc1cc(F)c(CN2CCc3nc(C4CCCCC4)ncc3C2)c(F)c1. The molecule has 2 aromatic rings. The van der Waals surface area contributed by atoms with Crippen molar-refractivity contribution in [3.63, 3.8) is 0 Å². The summed E-state index contributed by atoms with van der Waals surface area (Å²) < 4.78 is 33.4. The third-order valence-electron chi connectivity index (χ3n) is 5.73. The van der Waals surface area contributed by atoms with Crippen LogP contribution in [0.2, 0.25) is 0 Å². The molecule has 1 fully saturated rings. The van der Waals surface area contributed by atoms with Gasteiger partial charge >= 0.3 is 0 Å². The normalized spacial score (nSPS) is 18.3. The van der Waals surface area contributed by atoms with E-state index in [-0.39, 0.29) is 17.9 Å². The van der Waals surface area contributed by atoms with Crippen LogP contribution in [0.25, 0.3) is 0 Å². The number of ether oxygens (including phenoxy) is 1. The topological polar surface area (TPSA) is 38.2 Å². The van der Waals surface area contributed by atoms with Gasteiger partial charge in [0.05, 0.1) is 7.11 Å². The Morgan fingerprint density at radius 1 is 1.15 bits per heavy atom. The molecule has 1 aromatic heterocycles. The van der Waals surface area contributed by atoms with E-state index in [1.165, 1.54) is 51.3 Å². The lowest BCUT2D eigenvalue weighted by molar-refractivity contribution is 0.235. The van der Waals surface area contributed by atoms with E-state index in [2.05, 4.69) is 4.98 Å². The lowest BCUT2D eigenvalue weighted by Crippen LogP contribution is -2.32. The van der Waals surface area contributed by atoms with E-state index in [9.17, 15) is 8.78 Å². The molecule has 4 rings (SSSR count). The van der Waals surface area contributed by atoms with Gasteiger partial charge in [-0.2, -0.15) is 0 Å². The molecule has 1 saturated carbocycles. The maximum absolute atomic E-state index is 14.2. The molecule has 1 aliphatic heterocycles. The first kappa shape index (κ1) is 18.3. The molecule has 27 heavy (non-hydrogen) atoms. The zero-order chi connectivity index (χ0) is 18.8. The Morgan fingerprint density at radius 2 is 1.89 bits per heavy atom. The van der Waals surface area contributed by atoms with Crippen LogP contribution in [0.4, 0.5) is 8.78 Å². The summed E-state index contributed by atoms with van der Waals surface area (Å²) in [5.74, 6) is 0.531. The van der Waals surface area contributed by atoms with Gasteiger partial charge < -0.3 is 4.74 Å². The van der Waals surface area contributed by atoms with Crippen LogP contribution in [0, 0.1) is 11.6 Å². The Morgan fingerprint density at radius 3 is 2.59 bits per heavy atom. The summed E-state index contributed by atoms with van der Waals surface area (Å²) in [6.07, 6.45) is 8.91. The molecule has 0 unspecified atom stereocenters. The minimum absolute atomic E-state index is 0.0824. The Balaban J connectivity index is 1.47. The van der Waals surface area contributed by atoms with Crippen LogP contribution in [0.1, 0.15) is 60.7 Å². The molecule has 0 saturated heterocycles. The molecule has 144 valence electrons. The van der Waals surface area contributed by atoms with Gasteiger partial charge in [-0.15, -0.1) is 0 Å². The number of hydrogen-bond acceptors (Lipinski definition) is 4. The zero-order valence-corrected chi connectivity index (χ0v) is 15.7. The number of nitrogens with zero attached hydrogens (tertiary/aromatic N) is 3. The maximum Gasteiger partial charge on any atom is 0.134 e. The monoisotopic (exact) mass is 373 g/mol. The predicted molar refractivity (Wildman–Crippen MR) is 98.6 cm³/mol. The number of halogens is 2. The van der Waals surface area contributed by atoms with Gasteiger partial charge in [0.15, 0.2) is 0 Å². The second-order valence-corrected chi connectivity index (χ2v) is 7.57. The summed E-state index contributed by atoms with van der Waals surface area (Å²) in [5.41, 5.74) is 2.24. The highest BCUT2D eigenvalue weighted by atomic mass is 19.1. The highest BCUT2D eigenvalue weighted by molar-refractivity contribution is 5.31. The summed E-state index contributed by atoms with van der Waals surface area (Å²) in [6.45, 7) is 1.58. The van der Waals surface area contributed by atoms with Crippen LogP contribution in [-0.4, -0.2) is 28.5 Å². The summed E-state index contributed by atoms with van der Waals surface area (Å²) in [7, 11) is 1.40. The first-order valence-electron chi connectivity index (χ1n) is 9.73. The van der Waals surface area contributed by atoms with E-state index in [1.54, 1.807) is 0 Å². The largest absolute Gasteiger partial charge is 0.497 e. The summed E-state index contributed by atoms with van der Waals surface area (Å²) in [5, 5.41) is 0. The van der Waals surface area contributed by atoms with Gasteiger partial charge in [0, 0.05) is 67.1 Å². The smallest absolute Gasteiger partial charge is 0.134 e. The lowest BCUT2D eigenvalue weighted by atomic mass is 9.88. The third-order valence-corrected chi connectivity index (χ3v) is 5.73. The number of methoxy groups -OCH3 is 1. The molecule has 0 radical (unpaired) electrons. The van der Waals surface area contributed by atoms with Crippen LogP contribution < -0.4 is 4.74 Å². The van der Waals surface area contributed by atoms with Gasteiger partial charge in [-0.1, -0.05) is 19.3 Å². The van der Waals surface area contributed by atoms with E-state index in [4.69, 9.17) is 9.72 Å². The van der Waals surface area contributed by atoms with Crippen LogP contribution in [0.15, 0.2) is 18.3 Å². The van der Waals surface area contributed by atoms with Gasteiger partial charge in [-0.25, -0.2) is 18.7 Å².